The van der Waals surface area contributed by atoms with Crippen molar-refractivity contribution in [1.82, 2.24) is 5.32 Å². The minimum absolute atomic E-state index is 0.0212. The van der Waals surface area contributed by atoms with Crippen LogP contribution in [0.25, 0.3) is 0 Å². The fourth-order valence-corrected chi connectivity index (χ4v) is 3.76. The summed E-state index contributed by atoms with van der Waals surface area (Å²) in [6, 6.07) is -0.112. The van der Waals surface area contributed by atoms with Gasteiger partial charge >= 0.3 is 0 Å². The van der Waals surface area contributed by atoms with E-state index in [0.717, 1.165) is 19.3 Å². The number of carbonyl (C=O) groups excluding carboxylic acids is 1. The van der Waals surface area contributed by atoms with Crippen molar-refractivity contribution in [3.05, 3.63) is 0 Å². The zero-order valence-corrected chi connectivity index (χ0v) is 13.5. The summed E-state index contributed by atoms with van der Waals surface area (Å²) in [7, 11) is 0. The smallest absolute Gasteiger partial charge is 0.237 e. The summed E-state index contributed by atoms with van der Waals surface area (Å²) < 4.78 is 0. The Morgan fingerprint density at radius 2 is 1.74 bits per heavy atom. The van der Waals surface area contributed by atoms with Crippen molar-refractivity contribution in [2.24, 2.45) is 22.5 Å². The molecule has 2 unspecified atom stereocenters. The molecule has 1 aliphatic rings. The number of hydrogen-bond acceptors (Lipinski definition) is 2. The third-order valence-corrected chi connectivity index (χ3v) is 4.46. The second-order valence-corrected chi connectivity index (χ2v) is 8.03. The van der Waals surface area contributed by atoms with Gasteiger partial charge in [-0.05, 0) is 36.0 Å². The molecule has 3 heteroatoms. The lowest BCUT2D eigenvalue weighted by molar-refractivity contribution is -0.125. The Bertz CT molecular complexity index is 307. The van der Waals surface area contributed by atoms with Gasteiger partial charge in [-0.3, -0.25) is 4.79 Å². The molecule has 1 saturated carbocycles. The van der Waals surface area contributed by atoms with Gasteiger partial charge in [-0.2, -0.15) is 0 Å². The van der Waals surface area contributed by atoms with Crippen LogP contribution in [-0.4, -0.2) is 18.0 Å². The highest BCUT2D eigenvalue weighted by Crippen LogP contribution is 2.45. The van der Waals surface area contributed by atoms with Gasteiger partial charge in [0.1, 0.15) is 0 Å². The molecule has 0 aromatic carbocycles. The van der Waals surface area contributed by atoms with Crippen molar-refractivity contribution in [2.75, 3.05) is 0 Å². The topological polar surface area (TPSA) is 55.1 Å². The summed E-state index contributed by atoms with van der Waals surface area (Å²) in [6.45, 7) is 13.3. The normalized spacial score (nSPS) is 25.6. The van der Waals surface area contributed by atoms with Crippen LogP contribution in [0.2, 0.25) is 0 Å². The van der Waals surface area contributed by atoms with Gasteiger partial charge in [0.25, 0.3) is 0 Å². The van der Waals surface area contributed by atoms with Crippen LogP contribution in [0.5, 0.6) is 0 Å². The molecular formula is C16H32N2O. The first-order chi connectivity index (χ1) is 8.56. The van der Waals surface area contributed by atoms with Gasteiger partial charge in [0.2, 0.25) is 5.91 Å². The third-order valence-electron chi connectivity index (χ3n) is 4.46. The molecule has 3 N–H and O–H groups in total. The molecule has 1 rings (SSSR count). The summed E-state index contributed by atoms with van der Waals surface area (Å²) in [5, 5.41) is 3.18. The van der Waals surface area contributed by atoms with E-state index >= 15 is 0 Å². The Balaban J connectivity index is 2.64. The van der Waals surface area contributed by atoms with Crippen LogP contribution in [0.3, 0.4) is 0 Å². The lowest BCUT2D eigenvalue weighted by Gasteiger charge is -2.45. The molecule has 0 aromatic rings. The van der Waals surface area contributed by atoms with E-state index in [4.69, 9.17) is 5.73 Å². The predicted molar refractivity (Wildman–Crippen MR) is 80.8 cm³/mol. The van der Waals surface area contributed by atoms with Crippen LogP contribution in [-0.2, 0) is 4.79 Å². The van der Waals surface area contributed by atoms with E-state index in [2.05, 4.69) is 39.9 Å². The van der Waals surface area contributed by atoms with Gasteiger partial charge in [0, 0.05) is 6.04 Å². The number of nitrogens with two attached hydrogens (primary N) is 1. The zero-order chi connectivity index (χ0) is 14.8. The van der Waals surface area contributed by atoms with Crippen molar-refractivity contribution < 1.29 is 4.79 Å². The number of carbonyl (C=O) groups is 1. The molecule has 2 atom stereocenters. The predicted octanol–water partition coefficient (Wildman–Crippen LogP) is 3.08. The van der Waals surface area contributed by atoms with Crippen LogP contribution >= 0.6 is 0 Å². The van der Waals surface area contributed by atoms with Crippen LogP contribution in [0.4, 0.5) is 0 Å². The van der Waals surface area contributed by atoms with Gasteiger partial charge in [-0.1, -0.05) is 48.0 Å². The van der Waals surface area contributed by atoms with Crippen molar-refractivity contribution in [3.63, 3.8) is 0 Å². The molecule has 0 spiro atoms. The Labute approximate surface area is 118 Å². The van der Waals surface area contributed by atoms with Gasteiger partial charge in [-0.15, -0.1) is 0 Å². The van der Waals surface area contributed by atoms with E-state index in [1.54, 1.807) is 0 Å². The molecule has 0 radical (unpaired) electrons. The van der Waals surface area contributed by atoms with Crippen LogP contribution in [0, 0.1) is 16.7 Å². The maximum atomic E-state index is 12.2. The largest absolute Gasteiger partial charge is 0.352 e. The number of nitrogens with one attached hydrogen (secondary N) is 1. The minimum Gasteiger partial charge on any atom is -0.352 e. The van der Waals surface area contributed by atoms with E-state index in [9.17, 15) is 4.79 Å². The number of rotatable bonds is 4. The molecule has 3 nitrogen and oxygen atoms in total. The fraction of sp³-hybridized carbons (Fsp3) is 0.938. The van der Waals surface area contributed by atoms with E-state index < -0.39 is 0 Å². The van der Waals surface area contributed by atoms with Gasteiger partial charge in [-0.25, -0.2) is 0 Å². The molecule has 0 aliphatic heterocycles. The van der Waals surface area contributed by atoms with E-state index in [1.165, 1.54) is 6.42 Å². The lowest BCUT2D eigenvalue weighted by Crippen LogP contribution is -2.52. The standard InChI is InChI=1S/C16H32N2O/c1-7-11(2)13(17)14(19)18-12-8-15(3,4)10-16(5,6)9-12/h11-13H,7-10,17H2,1-6H3,(H,18,19). The monoisotopic (exact) mass is 268 g/mol. The van der Waals surface area contributed by atoms with E-state index in [0.29, 0.717) is 10.8 Å². The van der Waals surface area contributed by atoms with Crippen molar-refractivity contribution in [3.8, 4) is 0 Å². The Kier molecular flexibility index (Phi) is 5.05. The molecule has 0 heterocycles. The minimum atomic E-state index is -0.377. The highest BCUT2D eigenvalue weighted by molar-refractivity contribution is 5.82. The molecule has 1 amide bonds. The Morgan fingerprint density at radius 1 is 1.26 bits per heavy atom. The maximum Gasteiger partial charge on any atom is 0.237 e. The number of amides is 1. The average Bonchev–Trinajstić information content (AvgIpc) is 2.22. The van der Waals surface area contributed by atoms with Crippen LogP contribution < -0.4 is 11.1 Å². The molecular weight excluding hydrogens is 236 g/mol. The summed E-state index contributed by atoms with van der Waals surface area (Å²) in [5.74, 6) is 0.262. The van der Waals surface area contributed by atoms with Crippen LogP contribution in [0.1, 0.15) is 67.2 Å². The first kappa shape index (κ1) is 16.5. The fourth-order valence-electron chi connectivity index (χ4n) is 3.76. The van der Waals surface area contributed by atoms with Gasteiger partial charge in [0.05, 0.1) is 6.04 Å². The van der Waals surface area contributed by atoms with Crippen molar-refractivity contribution in [2.45, 2.75) is 79.3 Å². The van der Waals surface area contributed by atoms with Crippen molar-refractivity contribution >= 4 is 5.91 Å². The second kappa shape index (κ2) is 5.82. The second-order valence-electron chi connectivity index (χ2n) is 8.03. The molecule has 0 bridgehead atoms. The Hall–Kier alpha value is -0.570. The molecule has 112 valence electrons. The summed E-state index contributed by atoms with van der Waals surface area (Å²) >= 11 is 0. The van der Waals surface area contributed by atoms with E-state index in [1.807, 2.05) is 6.92 Å². The SMILES string of the molecule is CCC(C)C(N)C(=O)NC1CC(C)(C)CC(C)(C)C1. The average molecular weight is 268 g/mol. The highest BCUT2D eigenvalue weighted by atomic mass is 16.2. The van der Waals surface area contributed by atoms with Crippen molar-refractivity contribution in [1.29, 1.82) is 0 Å². The first-order valence-corrected chi connectivity index (χ1v) is 7.62. The molecule has 0 aromatic heterocycles. The molecule has 1 aliphatic carbocycles. The lowest BCUT2D eigenvalue weighted by atomic mass is 9.63. The number of hydrogen-bond donors (Lipinski definition) is 2. The molecule has 0 saturated heterocycles. The Morgan fingerprint density at radius 3 is 2.16 bits per heavy atom. The van der Waals surface area contributed by atoms with Crippen LogP contribution in [0.15, 0.2) is 0 Å². The zero-order valence-electron chi connectivity index (χ0n) is 13.5. The summed E-state index contributed by atoms with van der Waals surface area (Å²) in [5.41, 5.74) is 6.60. The third kappa shape index (κ3) is 4.79. The first-order valence-electron chi connectivity index (χ1n) is 7.62. The summed E-state index contributed by atoms with van der Waals surface area (Å²) in [4.78, 5) is 12.2. The van der Waals surface area contributed by atoms with E-state index in [-0.39, 0.29) is 23.9 Å². The van der Waals surface area contributed by atoms with Gasteiger partial charge < -0.3 is 11.1 Å². The quantitative estimate of drug-likeness (QED) is 0.823. The molecule has 19 heavy (non-hydrogen) atoms. The van der Waals surface area contributed by atoms with Gasteiger partial charge in [0.15, 0.2) is 0 Å². The summed E-state index contributed by atoms with van der Waals surface area (Å²) in [6.07, 6.45) is 4.25. The maximum absolute atomic E-state index is 12.2. The molecule has 1 fully saturated rings. The highest BCUT2D eigenvalue weighted by Gasteiger charge is 2.39.